The maximum Gasteiger partial charge on any atom is 0.338 e. The van der Waals surface area contributed by atoms with Gasteiger partial charge in [0.25, 0.3) is 0 Å². The molecule has 1 aromatic rings. The van der Waals surface area contributed by atoms with E-state index >= 15 is 0 Å². The number of piperidine rings is 1. The van der Waals surface area contributed by atoms with Gasteiger partial charge in [0.15, 0.2) is 5.17 Å². The molecular weight excluding hydrogens is 490 g/mol. The lowest BCUT2D eigenvalue weighted by Crippen LogP contribution is -2.44. The molecule has 3 aliphatic rings. The summed E-state index contributed by atoms with van der Waals surface area (Å²) in [4.78, 5) is 47.0. The summed E-state index contributed by atoms with van der Waals surface area (Å²) < 4.78 is 10.3. The summed E-state index contributed by atoms with van der Waals surface area (Å²) in [6, 6.07) is 7.78. The van der Waals surface area contributed by atoms with Gasteiger partial charge < -0.3 is 19.3 Å². The molecule has 0 N–H and O–H groups in total. The summed E-state index contributed by atoms with van der Waals surface area (Å²) in [5.74, 6) is -0.640. The Balaban J connectivity index is 1.60. The number of hydrogen-bond acceptors (Lipinski definition) is 8. The van der Waals surface area contributed by atoms with Gasteiger partial charge in [-0.1, -0.05) is 49.9 Å². The van der Waals surface area contributed by atoms with Gasteiger partial charge >= 0.3 is 11.9 Å². The third kappa shape index (κ3) is 5.61. The van der Waals surface area contributed by atoms with E-state index in [9.17, 15) is 14.4 Å². The molecule has 37 heavy (non-hydrogen) atoms. The number of thioether (sulfide) groups is 1. The molecule has 1 amide bonds. The Kier molecular flexibility index (Phi) is 8.42. The van der Waals surface area contributed by atoms with Crippen LogP contribution in [0.5, 0.6) is 0 Å². The lowest BCUT2D eigenvalue weighted by molar-refractivity contribution is -0.151. The van der Waals surface area contributed by atoms with Crippen LogP contribution in [0.4, 0.5) is 0 Å². The predicted molar refractivity (Wildman–Crippen MR) is 143 cm³/mol. The quantitative estimate of drug-likeness (QED) is 0.475. The Morgan fingerprint density at radius 2 is 1.92 bits per heavy atom. The summed E-state index contributed by atoms with van der Waals surface area (Å²) in [7, 11) is 1.37. The van der Waals surface area contributed by atoms with E-state index < -0.39 is 12.0 Å². The molecule has 0 aromatic heterocycles. The van der Waals surface area contributed by atoms with Crippen LogP contribution < -0.4 is 0 Å². The Morgan fingerprint density at radius 1 is 1.19 bits per heavy atom. The molecule has 0 bridgehead atoms. The number of allylic oxidation sites excluding steroid dienone is 1. The topological polar surface area (TPSA) is 88.5 Å². The number of aliphatic imine (C=N–C) groups is 1. The highest BCUT2D eigenvalue weighted by atomic mass is 32.2. The van der Waals surface area contributed by atoms with Crippen molar-refractivity contribution in [2.24, 2.45) is 10.9 Å². The first-order valence-electron chi connectivity index (χ1n) is 12.8. The summed E-state index contributed by atoms with van der Waals surface area (Å²) in [5, 5.41) is 2.67. The van der Waals surface area contributed by atoms with E-state index in [1.54, 1.807) is 11.8 Å². The normalized spacial score (nSPS) is 21.5. The van der Waals surface area contributed by atoms with Crippen molar-refractivity contribution in [1.29, 1.82) is 0 Å². The SMILES string of the molecule is CCOC(=O)[C@@H]1CCCN(C(=O)CC2=CSC3=NC(C)=C(C(=O)OC)[C@@H](c4ccc(C(C)C)cc4)N23)C1. The summed E-state index contributed by atoms with van der Waals surface area (Å²) in [6.45, 7) is 9.20. The van der Waals surface area contributed by atoms with Crippen LogP contribution in [-0.2, 0) is 23.9 Å². The Bertz CT molecular complexity index is 1150. The van der Waals surface area contributed by atoms with E-state index in [2.05, 4.69) is 31.0 Å². The molecule has 0 radical (unpaired) electrons. The van der Waals surface area contributed by atoms with Crippen molar-refractivity contribution in [3.8, 4) is 0 Å². The molecule has 9 heteroatoms. The standard InChI is InChI=1S/C28H35N3O5S/c1-6-36-26(33)21-8-7-13-30(15-21)23(32)14-22-16-37-28-29-18(4)24(27(34)35-5)25(31(22)28)20-11-9-19(10-12-20)17(2)3/h9-12,16-17,21,25H,6-8,13-15H2,1-5H3/t21-,25-/m1/s1. The fourth-order valence-electron chi connectivity index (χ4n) is 5.04. The smallest absolute Gasteiger partial charge is 0.338 e. The van der Waals surface area contributed by atoms with Crippen molar-refractivity contribution in [3.05, 3.63) is 57.8 Å². The molecule has 3 heterocycles. The first-order chi connectivity index (χ1) is 17.7. The number of carbonyl (C=O) groups excluding carboxylic acids is 3. The number of rotatable bonds is 7. The molecule has 1 saturated heterocycles. The van der Waals surface area contributed by atoms with E-state index in [-0.39, 0.29) is 24.2 Å². The Hall–Kier alpha value is -3.07. The van der Waals surface area contributed by atoms with E-state index in [1.165, 1.54) is 24.4 Å². The van der Waals surface area contributed by atoms with Gasteiger partial charge in [-0.3, -0.25) is 9.59 Å². The van der Waals surface area contributed by atoms with Crippen molar-refractivity contribution in [1.82, 2.24) is 9.80 Å². The molecule has 1 fully saturated rings. The van der Waals surface area contributed by atoms with Crippen molar-refractivity contribution in [2.75, 3.05) is 26.8 Å². The third-order valence-electron chi connectivity index (χ3n) is 7.05. The van der Waals surface area contributed by atoms with Crippen LogP contribution in [0.15, 0.2) is 51.6 Å². The number of methoxy groups -OCH3 is 1. The third-order valence-corrected chi connectivity index (χ3v) is 7.94. The lowest BCUT2D eigenvalue weighted by atomic mass is 9.91. The lowest BCUT2D eigenvalue weighted by Gasteiger charge is -2.37. The van der Waals surface area contributed by atoms with Crippen LogP contribution >= 0.6 is 11.8 Å². The molecule has 4 rings (SSSR count). The summed E-state index contributed by atoms with van der Waals surface area (Å²) in [6.07, 6.45) is 1.64. The largest absolute Gasteiger partial charge is 0.466 e. The van der Waals surface area contributed by atoms with Crippen LogP contribution in [0, 0.1) is 5.92 Å². The average molecular weight is 526 g/mol. The highest BCUT2D eigenvalue weighted by Crippen LogP contribution is 2.45. The Labute approximate surface area is 222 Å². The zero-order valence-electron chi connectivity index (χ0n) is 22.2. The maximum atomic E-state index is 13.4. The van der Waals surface area contributed by atoms with Crippen LogP contribution in [-0.4, -0.2) is 59.6 Å². The highest BCUT2D eigenvalue weighted by molar-refractivity contribution is 8.16. The molecule has 0 aliphatic carbocycles. The number of ether oxygens (including phenoxy) is 2. The molecule has 8 nitrogen and oxygen atoms in total. The van der Waals surface area contributed by atoms with Crippen LogP contribution in [0.1, 0.15) is 70.0 Å². The second-order valence-electron chi connectivity index (χ2n) is 9.81. The number of amides is 1. The monoisotopic (exact) mass is 525 g/mol. The molecular formula is C28H35N3O5S. The number of fused-ring (bicyclic) bond motifs is 1. The molecule has 0 spiro atoms. The predicted octanol–water partition coefficient (Wildman–Crippen LogP) is 4.75. The number of amidine groups is 1. The van der Waals surface area contributed by atoms with Crippen molar-refractivity contribution in [3.63, 3.8) is 0 Å². The summed E-state index contributed by atoms with van der Waals surface area (Å²) >= 11 is 1.45. The molecule has 2 atom stereocenters. The minimum Gasteiger partial charge on any atom is -0.466 e. The van der Waals surface area contributed by atoms with Gasteiger partial charge in [0.1, 0.15) is 0 Å². The van der Waals surface area contributed by atoms with Gasteiger partial charge in [-0.25, -0.2) is 9.79 Å². The van der Waals surface area contributed by atoms with Crippen LogP contribution in [0.25, 0.3) is 0 Å². The number of likely N-dealkylation sites (tertiary alicyclic amines) is 1. The first kappa shape index (κ1) is 27.0. The van der Waals surface area contributed by atoms with E-state index in [0.29, 0.717) is 36.9 Å². The van der Waals surface area contributed by atoms with E-state index in [4.69, 9.17) is 9.47 Å². The number of esters is 2. The average Bonchev–Trinajstić information content (AvgIpc) is 3.29. The van der Waals surface area contributed by atoms with Gasteiger partial charge in [-0.15, -0.1) is 0 Å². The number of carbonyl (C=O) groups is 3. The van der Waals surface area contributed by atoms with Crippen molar-refractivity contribution < 1.29 is 23.9 Å². The van der Waals surface area contributed by atoms with Crippen molar-refractivity contribution in [2.45, 2.75) is 58.9 Å². The fourth-order valence-corrected chi connectivity index (χ4v) is 6.01. The minimum absolute atomic E-state index is 0.0538. The van der Waals surface area contributed by atoms with Gasteiger partial charge in [0.2, 0.25) is 5.91 Å². The van der Waals surface area contributed by atoms with Crippen LogP contribution in [0.2, 0.25) is 0 Å². The molecule has 1 aromatic carbocycles. The van der Waals surface area contributed by atoms with Gasteiger partial charge in [-0.2, -0.15) is 0 Å². The second kappa shape index (κ2) is 11.5. The van der Waals surface area contributed by atoms with Gasteiger partial charge in [0, 0.05) is 18.8 Å². The van der Waals surface area contributed by atoms with E-state index in [0.717, 1.165) is 29.3 Å². The fraction of sp³-hybridized carbons (Fsp3) is 0.500. The maximum absolute atomic E-state index is 13.4. The Morgan fingerprint density at radius 3 is 2.57 bits per heavy atom. The number of nitrogens with zero attached hydrogens (tertiary/aromatic N) is 3. The van der Waals surface area contributed by atoms with E-state index in [1.807, 2.05) is 29.4 Å². The summed E-state index contributed by atoms with van der Waals surface area (Å²) in [5.41, 5.74) is 3.98. The molecule has 3 aliphatic heterocycles. The zero-order valence-corrected chi connectivity index (χ0v) is 23.0. The number of benzene rings is 1. The minimum atomic E-state index is -0.455. The van der Waals surface area contributed by atoms with Gasteiger partial charge in [0.05, 0.1) is 43.4 Å². The van der Waals surface area contributed by atoms with Crippen molar-refractivity contribution >= 4 is 34.8 Å². The molecule has 198 valence electrons. The highest BCUT2D eigenvalue weighted by Gasteiger charge is 2.41. The molecule has 0 saturated carbocycles. The molecule has 0 unspecified atom stereocenters. The second-order valence-corrected chi connectivity index (χ2v) is 10.7. The van der Waals surface area contributed by atoms with Crippen LogP contribution in [0.3, 0.4) is 0 Å². The first-order valence-corrected chi connectivity index (χ1v) is 13.7. The van der Waals surface area contributed by atoms with Gasteiger partial charge in [-0.05, 0) is 49.1 Å². The number of hydrogen-bond donors (Lipinski definition) is 0. The zero-order chi connectivity index (χ0) is 26.7.